The van der Waals surface area contributed by atoms with Gasteiger partial charge in [-0.1, -0.05) is 12.1 Å². The average Bonchev–Trinajstić information content (AvgIpc) is 3.10. The molecule has 1 aromatic carbocycles. The second kappa shape index (κ2) is 10.1. The van der Waals surface area contributed by atoms with Gasteiger partial charge in [0.25, 0.3) is 0 Å². The van der Waals surface area contributed by atoms with E-state index in [1.54, 1.807) is 6.92 Å². The predicted octanol–water partition coefficient (Wildman–Crippen LogP) is 3.54. The van der Waals surface area contributed by atoms with Crippen molar-refractivity contribution in [2.45, 2.75) is 70.3 Å². The molecule has 3 atom stereocenters. The second-order valence-electron chi connectivity index (χ2n) is 7.71. The Morgan fingerprint density at radius 2 is 2.26 bits per heavy atom. The molecule has 0 bridgehead atoms. The number of nitrogens with zero attached hydrogens (tertiary/aromatic N) is 1. The predicted molar refractivity (Wildman–Crippen MR) is 105 cm³/mol. The van der Waals surface area contributed by atoms with Crippen molar-refractivity contribution in [2.24, 2.45) is 0 Å². The zero-order valence-electron chi connectivity index (χ0n) is 16.2. The van der Waals surface area contributed by atoms with Crippen molar-refractivity contribution in [2.75, 3.05) is 25.1 Å². The Kier molecular flexibility index (Phi) is 7.50. The van der Waals surface area contributed by atoms with Crippen molar-refractivity contribution in [1.29, 1.82) is 0 Å². The fourth-order valence-corrected chi connectivity index (χ4v) is 3.92. The van der Waals surface area contributed by atoms with Gasteiger partial charge in [0.2, 0.25) is 0 Å². The summed E-state index contributed by atoms with van der Waals surface area (Å²) in [6.07, 6.45) is 5.82. The number of carbonyl (C=O) groups is 1. The highest BCUT2D eigenvalue weighted by molar-refractivity contribution is 5.89. The van der Waals surface area contributed by atoms with E-state index in [0.717, 1.165) is 50.1 Å². The maximum atomic E-state index is 12.6. The Balaban J connectivity index is 1.48. The van der Waals surface area contributed by atoms with Crippen molar-refractivity contribution in [3.63, 3.8) is 0 Å². The van der Waals surface area contributed by atoms with Crippen molar-refractivity contribution in [3.8, 4) is 0 Å². The highest BCUT2D eigenvalue weighted by Gasteiger charge is 2.29. The average molecular weight is 376 g/mol. The molecule has 0 aliphatic carbocycles. The molecular weight excluding hydrogens is 344 g/mol. The number of anilines is 1. The number of likely N-dealkylation sites (tertiary alicyclic amines) is 1. The molecule has 0 saturated carbocycles. The largest absolute Gasteiger partial charge is 0.393 e. The molecule has 0 aromatic heterocycles. The third kappa shape index (κ3) is 6.19. The lowest BCUT2D eigenvalue weighted by atomic mass is 10.1. The Morgan fingerprint density at radius 3 is 3.04 bits per heavy atom. The first-order chi connectivity index (χ1) is 13.1. The number of rotatable bonds is 7. The van der Waals surface area contributed by atoms with Crippen LogP contribution in [0.1, 0.15) is 51.0 Å². The van der Waals surface area contributed by atoms with E-state index < -0.39 is 6.10 Å². The van der Waals surface area contributed by atoms with Crippen molar-refractivity contribution in [3.05, 3.63) is 29.8 Å². The van der Waals surface area contributed by atoms with Crippen molar-refractivity contribution < 1.29 is 19.4 Å². The molecule has 0 radical (unpaired) electrons. The van der Waals surface area contributed by atoms with E-state index >= 15 is 0 Å². The zero-order valence-corrected chi connectivity index (χ0v) is 16.2. The van der Waals surface area contributed by atoms with E-state index in [1.165, 1.54) is 6.42 Å². The lowest BCUT2D eigenvalue weighted by Gasteiger charge is -2.26. The van der Waals surface area contributed by atoms with E-state index in [2.05, 4.69) is 5.32 Å². The van der Waals surface area contributed by atoms with Gasteiger partial charge in [0, 0.05) is 24.9 Å². The molecule has 150 valence electrons. The van der Waals surface area contributed by atoms with Crippen molar-refractivity contribution >= 4 is 11.7 Å². The lowest BCUT2D eigenvalue weighted by molar-refractivity contribution is -0.0447. The molecule has 2 aliphatic heterocycles. The summed E-state index contributed by atoms with van der Waals surface area (Å²) in [5, 5.41) is 12.6. The van der Waals surface area contributed by atoms with Gasteiger partial charge < -0.3 is 24.8 Å². The summed E-state index contributed by atoms with van der Waals surface area (Å²) in [6, 6.07) is 7.82. The summed E-state index contributed by atoms with van der Waals surface area (Å²) in [7, 11) is 0. The standard InChI is InChI=1S/C21H32N2O4/c1-16(24)12-19-8-5-10-23(19)21(25)22-18-7-4-6-17(13-18)14-26-15-20-9-2-3-11-27-20/h4,6-7,13,16,19-20,24H,2-3,5,8-12,14-15H2,1H3,(H,22,25)/t16-,19+,20+/m0/s1. The van der Waals surface area contributed by atoms with Crippen LogP contribution in [0.4, 0.5) is 10.5 Å². The maximum Gasteiger partial charge on any atom is 0.322 e. The molecule has 2 saturated heterocycles. The number of amides is 2. The number of benzene rings is 1. The molecule has 2 fully saturated rings. The molecule has 2 heterocycles. The molecule has 3 rings (SSSR count). The van der Waals surface area contributed by atoms with Gasteiger partial charge in [-0.2, -0.15) is 0 Å². The fraction of sp³-hybridized carbons (Fsp3) is 0.667. The topological polar surface area (TPSA) is 71.0 Å². The van der Waals surface area contributed by atoms with Crippen LogP contribution in [0.5, 0.6) is 0 Å². The minimum Gasteiger partial charge on any atom is -0.393 e. The van der Waals surface area contributed by atoms with Crippen LogP contribution >= 0.6 is 0 Å². The SMILES string of the molecule is C[C@H](O)C[C@H]1CCCN1C(=O)Nc1cccc(COC[C@H]2CCCCO2)c1. The number of hydrogen-bond acceptors (Lipinski definition) is 4. The summed E-state index contributed by atoms with van der Waals surface area (Å²) in [6.45, 7) is 4.48. The maximum absolute atomic E-state index is 12.6. The molecule has 0 spiro atoms. The highest BCUT2D eigenvalue weighted by Crippen LogP contribution is 2.23. The van der Waals surface area contributed by atoms with Crippen LogP contribution in [0, 0.1) is 0 Å². The van der Waals surface area contributed by atoms with Crippen LogP contribution in [-0.4, -0.2) is 54.0 Å². The Bertz CT molecular complexity index is 602. The summed E-state index contributed by atoms with van der Waals surface area (Å²) in [5.74, 6) is 0. The van der Waals surface area contributed by atoms with Gasteiger partial charge in [-0.25, -0.2) is 4.79 Å². The fourth-order valence-electron chi connectivity index (χ4n) is 3.92. The molecule has 0 unspecified atom stereocenters. The Morgan fingerprint density at radius 1 is 1.37 bits per heavy atom. The molecule has 27 heavy (non-hydrogen) atoms. The normalized spacial score (nSPS) is 24.0. The monoisotopic (exact) mass is 376 g/mol. The minimum atomic E-state index is -0.392. The van der Waals surface area contributed by atoms with Gasteiger partial charge >= 0.3 is 6.03 Å². The first kappa shape index (κ1) is 20.1. The molecule has 2 aliphatic rings. The smallest absolute Gasteiger partial charge is 0.322 e. The van der Waals surface area contributed by atoms with Gasteiger partial charge in [-0.3, -0.25) is 0 Å². The molecule has 2 amide bonds. The molecule has 2 N–H and O–H groups in total. The van der Waals surface area contributed by atoms with E-state index in [1.807, 2.05) is 29.2 Å². The van der Waals surface area contributed by atoms with Crippen molar-refractivity contribution in [1.82, 2.24) is 4.90 Å². The lowest BCUT2D eigenvalue weighted by Crippen LogP contribution is -2.40. The third-order valence-electron chi connectivity index (χ3n) is 5.28. The number of aliphatic hydroxyl groups is 1. The first-order valence-corrected chi connectivity index (χ1v) is 10.2. The quantitative estimate of drug-likeness (QED) is 0.764. The van der Waals surface area contributed by atoms with Crippen LogP contribution in [0.15, 0.2) is 24.3 Å². The molecular formula is C21H32N2O4. The highest BCUT2D eigenvalue weighted by atomic mass is 16.5. The van der Waals surface area contributed by atoms with Crippen LogP contribution < -0.4 is 5.32 Å². The van der Waals surface area contributed by atoms with Gasteiger partial charge in [-0.15, -0.1) is 0 Å². The van der Waals surface area contributed by atoms with Gasteiger partial charge in [0.15, 0.2) is 0 Å². The van der Waals surface area contributed by atoms with Crippen LogP contribution in [0.2, 0.25) is 0 Å². The minimum absolute atomic E-state index is 0.0909. The van der Waals surface area contributed by atoms with E-state index in [0.29, 0.717) is 19.6 Å². The number of aliphatic hydroxyl groups excluding tert-OH is 1. The number of hydrogen-bond donors (Lipinski definition) is 2. The Hall–Kier alpha value is -1.63. The first-order valence-electron chi connectivity index (χ1n) is 10.2. The summed E-state index contributed by atoms with van der Waals surface area (Å²) >= 11 is 0. The van der Waals surface area contributed by atoms with E-state index in [4.69, 9.17) is 9.47 Å². The number of nitrogens with one attached hydrogen (secondary N) is 1. The van der Waals surface area contributed by atoms with Gasteiger partial charge in [-0.05, 0) is 63.1 Å². The summed E-state index contributed by atoms with van der Waals surface area (Å²) in [5.41, 5.74) is 1.81. The van der Waals surface area contributed by atoms with E-state index in [9.17, 15) is 9.90 Å². The van der Waals surface area contributed by atoms with Gasteiger partial charge in [0.05, 0.1) is 25.4 Å². The van der Waals surface area contributed by atoms with Crippen LogP contribution in [-0.2, 0) is 16.1 Å². The van der Waals surface area contributed by atoms with E-state index in [-0.39, 0.29) is 18.2 Å². The second-order valence-corrected chi connectivity index (χ2v) is 7.71. The molecule has 1 aromatic rings. The number of urea groups is 1. The third-order valence-corrected chi connectivity index (χ3v) is 5.28. The van der Waals surface area contributed by atoms with Gasteiger partial charge in [0.1, 0.15) is 0 Å². The molecule has 6 heteroatoms. The summed E-state index contributed by atoms with van der Waals surface area (Å²) in [4.78, 5) is 14.5. The summed E-state index contributed by atoms with van der Waals surface area (Å²) < 4.78 is 11.5. The van der Waals surface area contributed by atoms with Crippen LogP contribution in [0.3, 0.4) is 0 Å². The Labute approximate surface area is 161 Å². The number of ether oxygens (including phenoxy) is 2. The zero-order chi connectivity index (χ0) is 19.1. The van der Waals surface area contributed by atoms with Crippen LogP contribution in [0.25, 0.3) is 0 Å². The molecule has 6 nitrogen and oxygen atoms in total. The number of carbonyl (C=O) groups excluding carboxylic acids is 1.